The molecule has 3 aromatic rings. The van der Waals surface area contributed by atoms with Gasteiger partial charge in [-0.25, -0.2) is 0 Å². The van der Waals surface area contributed by atoms with Gasteiger partial charge in [-0.15, -0.1) is 0 Å². The third-order valence-electron chi connectivity index (χ3n) is 7.20. The zero-order valence-electron chi connectivity index (χ0n) is 20.8. The number of benzene rings is 2. The summed E-state index contributed by atoms with van der Waals surface area (Å²) in [5, 5.41) is 29.7. The van der Waals surface area contributed by atoms with Gasteiger partial charge in [-0.2, -0.15) is 0 Å². The van der Waals surface area contributed by atoms with E-state index in [4.69, 9.17) is 16.3 Å². The highest BCUT2D eigenvalue weighted by molar-refractivity contribution is 6.31. The Balaban J connectivity index is 1.46. The number of carboxylic acids is 1. The van der Waals surface area contributed by atoms with Crippen LogP contribution in [0.25, 0.3) is 0 Å². The fourth-order valence-corrected chi connectivity index (χ4v) is 4.98. The highest BCUT2D eigenvalue weighted by atomic mass is 35.5. The predicted molar refractivity (Wildman–Crippen MR) is 139 cm³/mol. The first-order valence-corrected chi connectivity index (χ1v) is 12.6. The van der Waals surface area contributed by atoms with E-state index in [9.17, 15) is 20.1 Å². The minimum absolute atomic E-state index is 0.00519. The number of hydrogen-bond donors (Lipinski definition) is 3. The summed E-state index contributed by atoms with van der Waals surface area (Å²) >= 11 is 6.25. The van der Waals surface area contributed by atoms with Crippen molar-refractivity contribution in [3.63, 3.8) is 0 Å². The summed E-state index contributed by atoms with van der Waals surface area (Å²) in [6.45, 7) is 7.45. The zero-order valence-corrected chi connectivity index (χ0v) is 21.6. The van der Waals surface area contributed by atoms with Crippen molar-refractivity contribution in [2.75, 3.05) is 6.61 Å². The number of rotatable bonds is 10. The van der Waals surface area contributed by atoms with Gasteiger partial charge in [0.25, 0.3) is 0 Å². The van der Waals surface area contributed by atoms with Gasteiger partial charge in [0.15, 0.2) is 11.8 Å². The molecule has 192 valence electrons. The number of carbonyl (C=O) groups is 1. The van der Waals surface area contributed by atoms with Crippen molar-refractivity contribution < 1.29 is 24.9 Å². The summed E-state index contributed by atoms with van der Waals surface area (Å²) in [6.07, 6.45) is 1.29. The molecule has 8 heteroatoms. The van der Waals surface area contributed by atoms with Crippen LogP contribution in [0.1, 0.15) is 48.1 Å². The van der Waals surface area contributed by atoms with Gasteiger partial charge in [-0.05, 0) is 68.0 Å². The van der Waals surface area contributed by atoms with Crippen molar-refractivity contribution in [3.8, 4) is 17.5 Å². The van der Waals surface area contributed by atoms with Crippen LogP contribution in [0.15, 0.2) is 48.5 Å². The van der Waals surface area contributed by atoms with Crippen LogP contribution in [0.2, 0.25) is 5.02 Å². The molecule has 7 nitrogen and oxygen atoms in total. The SMILES string of the molecule is Cc1cc([C@@H](C)N(Cc2ccc(OCCn3c(O)ccc3O)c(C)c2)C2CC(C(=O)O)C2)ccc1Cl. The Labute approximate surface area is 216 Å². The summed E-state index contributed by atoms with van der Waals surface area (Å²) in [6, 6.07) is 15.3. The molecule has 0 radical (unpaired) electrons. The number of aromatic nitrogens is 1. The smallest absolute Gasteiger partial charge is 0.306 e. The van der Waals surface area contributed by atoms with Crippen molar-refractivity contribution in [2.24, 2.45) is 5.92 Å². The quantitative estimate of drug-likeness (QED) is 0.324. The molecule has 0 saturated heterocycles. The third-order valence-corrected chi connectivity index (χ3v) is 7.63. The standard InChI is InChI=1S/C28H33ClN2O5/c1-17-13-21(5-6-24(17)29)19(3)31(23-14-22(15-23)28(34)35)16-20-4-7-25(18(2)12-20)36-11-10-30-26(32)8-9-27(30)33/h4-9,12-13,19,22-23,32-33H,10-11,14-16H2,1-3H3,(H,34,35)/t19-,22?,23?/m1/s1. The molecular formula is C28H33ClN2O5. The molecule has 1 aliphatic carbocycles. The molecule has 0 unspecified atom stereocenters. The highest BCUT2D eigenvalue weighted by Crippen LogP contribution is 2.38. The summed E-state index contributed by atoms with van der Waals surface area (Å²) in [4.78, 5) is 13.8. The van der Waals surface area contributed by atoms with Gasteiger partial charge in [-0.1, -0.05) is 35.9 Å². The van der Waals surface area contributed by atoms with E-state index in [0.29, 0.717) is 32.5 Å². The molecule has 1 aliphatic rings. The summed E-state index contributed by atoms with van der Waals surface area (Å²) in [7, 11) is 0. The predicted octanol–water partition coefficient (Wildman–Crippen LogP) is 5.67. The minimum Gasteiger partial charge on any atom is -0.494 e. The molecule has 0 aliphatic heterocycles. The van der Waals surface area contributed by atoms with E-state index in [1.807, 2.05) is 38.1 Å². The number of carboxylic acid groups (broad SMARTS) is 1. The molecule has 1 saturated carbocycles. The fourth-order valence-electron chi connectivity index (χ4n) is 4.87. The molecule has 1 fully saturated rings. The Bertz CT molecular complexity index is 1220. The lowest BCUT2D eigenvalue weighted by atomic mass is 9.78. The van der Waals surface area contributed by atoms with Gasteiger partial charge in [0, 0.05) is 35.8 Å². The van der Waals surface area contributed by atoms with Gasteiger partial charge in [0.05, 0.1) is 12.5 Å². The van der Waals surface area contributed by atoms with Gasteiger partial charge in [0.2, 0.25) is 0 Å². The first kappa shape index (κ1) is 25.9. The van der Waals surface area contributed by atoms with Gasteiger partial charge < -0.3 is 20.1 Å². The van der Waals surface area contributed by atoms with E-state index >= 15 is 0 Å². The second kappa shape index (κ2) is 10.8. The lowest BCUT2D eigenvalue weighted by molar-refractivity contribution is -0.147. The number of aryl methyl sites for hydroxylation is 2. The van der Waals surface area contributed by atoms with Gasteiger partial charge in [-0.3, -0.25) is 14.3 Å². The first-order valence-electron chi connectivity index (χ1n) is 12.2. The lowest BCUT2D eigenvalue weighted by Crippen LogP contribution is -2.47. The molecule has 1 aromatic heterocycles. The van der Waals surface area contributed by atoms with Crippen LogP contribution in [0.3, 0.4) is 0 Å². The Kier molecular flexibility index (Phi) is 7.81. The minimum atomic E-state index is -0.722. The third kappa shape index (κ3) is 5.63. The van der Waals surface area contributed by atoms with Crippen LogP contribution in [0.5, 0.6) is 17.5 Å². The van der Waals surface area contributed by atoms with Crippen molar-refractivity contribution >= 4 is 17.6 Å². The molecule has 0 spiro atoms. The van der Waals surface area contributed by atoms with Crippen molar-refractivity contribution in [3.05, 3.63) is 75.8 Å². The van der Waals surface area contributed by atoms with Gasteiger partial charge in [0.1, 0.15) is 12.4 Å². The van der Waals surface area contributed by atoms with Gasteiger partial charge >= 0.3 is 5.97 Å². The van der Waals surface area contributed by atoms with Crippen LogP contribution in [-0.4, -0.2) is 43.4 Å². The number of halogens is 1. The highest BCUT2D eigenvalue weighted by Gasteiger charge is 2.39. The Morgan fingerprint density at radius 2 is 1.78 bits per heavy atom. The molecule has 1 atom stereocenters. The number of nitrogens with zero attached hydrogens (tertiary/aromatic N) is 2. The van der Waals surface area contributed by atoms with Crippen LogP contribution >= 0.6 is 11.6 Å². The van der Waals surface area contributed by atoms with E-state index in [2.05, 4.69) is 24.0 Å². The Morgan fingerprint density at radius 3 is 2.39 bits per heavy atom. The second-order valence-corrected chi connectivity index (χ2v) is 10.1. The maximum absolute atomic E-state index is 11.4. The largest absolute Gasteiger partial charge is 0.494 e. The average Bonchev–Trinajstić information content (AvgIpc) is 3.12. The number of aliphatic carboxylic acids is 1. The van der Waals surface area contributed by atoms with Crippen molar-refractivity contribution in [1.29, 1.82) is 0 Å². The summed E-state index contributed by atoms with van der Waals surface area (Å²) < 4.78 is 7.29. The molecular weight excluding hydrogens is 480 g/mol. The van der Waals surface area contributed by atoms with E-state index in [1.165, 1.54) is 16.7 Å². The van der Waals surface area contributed by atoms with E-state index in [1.54, 1.807) is 0 Å². The summed E-state index contributed by atoms with van der Waals surface area (Å²) in [5.41, 5.74) is 4.29. The normalized spacial score (nSPS) is 18.1. The maximum atomic E-state index is 11.4. The van der Waals surface area contributed by atoms with Crippen LogP contribution in [0.4, 0.5) is 0 Å². The Morgan fingerprint density at radius 1 is 1.08 bits per heavy atom. The number of hydrogen-bond acceptors (Lipinski definition) is 5. The van der Waals surface area contributed by atoms with Crippen molar-refractivity contribution in [2.45, 2.75) is 58.8 Å². The summed E-state index contributed by atoms with van der Waals surface area (Å²) in [5.74, 6) is -0.274. The zero-order chi connectivity index (χ0) is 26.0. The monoisotopic (exact) mass is 512 g/mol. The number of aromatic hydroxyl groups is 2. The van der Waals surface area contributed by atoms with E-state index < -0.39 is 5.97 Å². The van der Waals surface area contributed by atoms with Crippen LogP contribution < -0.4 is 4.74 Å². The second-order valence-electron chi connectivity index (χ2n) is 9.67. The average molecular weight is 513 g/mol. The topological polar surface area (TPSA) is 95.2 Å². The molecule has 1 heterocycles. The maximum Gasteiger partial charge on any atom is 0.306 e. The molecule has 0 amide bonds. The Hall–Kier alpha value is -3.16. The number of ether oxygens (including phenoxy) is 1. The first-order chi connectivity index (χ1) is 17.1. The van der Waals surface area contributed by atoms with Crippen LogP contribution in [0, 0.1) is 19.8 Å². The van der Waals surface area contributed by atoms with Crippen LogP contribution in [-0.2, 0) is 17.9 Å². The molecule has 4 rings (SSSR count). The molecule has 0 bridgehead atoms. The lowest BCUT2D eigenvalue weighted by Gasteiger charge is -2.44. The molecule has 36 heavy (non-hydrogen) atoms. The fraction of sp³-hybridized carbons (Fsp3) is 0.393. The van der Waals surface area contributed by atoms with E-state index in [-0.39, 0.29) is 29.8 Å². The van der Waals surface area contributed by atoms with Crippen molar-refractivity contribution in [1.82, 2.24) is 9.47 Å². The van der Waals surface area contributed by atoms with E-state index in [0.717, 1.165) is 33.0 Å². The molecule has 2 aromatic carbocycles. The molecule has 3 N–H and O–H groups in total.